The van der Waals surface area contributed by atoms with E-state index in [0.717, 1.165) is 12.8 Å². The first-order chi connectivity index (χ1) is 6.20. The molecule has 2 N–H and O–H groups in total. The van der Waals surface area contributed by atoms with Crippen molar-refractivity contribution in [3.8, 4) is 0 Å². The Hall–Kier alpha value is -0.820. The Morgan fingerprint density at radius 1 is 1.15 bits per heavy atom. The van der Waals surface area contributed by atoms with Crippen molar-refractivity contribution in [2.24, 2.45) is 11.7 Å². The van der Waals surface area contributed by atoms with Gasteiger partial charge < -0.3 is 5.73 Å². The molecule has 1 aromatic carbocycles. The summed E-state index contributed by atoms with van der Waals surface area (Å²) in [6, 6.07) is 10.9. The van der Waals surface area contributed by atoms with Crippen LogP contribution < -0.4 is 5.73 Å². The van der Waals surface area contributed by atoms with Gasteiger partial charge in [0.05, 0.1) is 0 Å². The number of hydrogen-bond acceptors (Lipinski definition) is 1. The van der Waals surface area contributed by atoms with Crippen molar-refractivity contribution in [1.29, 1.82) is 0 Å². The van der Waals surface area contributed by atoms with Crippen molar-refractivity contribution in [2.45, 2.75) is 32.7 Å². The summed E-state index contributed by atoms with van der Waals surface area (Å²) in [5.74, 6) is 0.587. The maximum Gasteiger partial charge on any atom is 0.00650 e. The first-order valence-electron chi connectivity index (χ1n) is 4.99. The lowest BCUT2D eigenvalue weighted by molar-refractivity contribution is 0.464. The van der Waals surface area contributed by atoms with Gasteiger partial charge in [0.25, 0.3) is 0 Å². The van der Waals surface area contributed by atoms with Crippen LogP contribution in [0.25, 0.3) is 0 Å². The summed E-state index contributed by atoms with van der Waals surface area (Å²) in [6.07, 6.45) is 2.18. The quantitative estimate of drug-likeness (QED) is 0.751. The van der Waals surface area contributed by atoms with Crippen LogP contribution in [0.1, 0.15) is 25.8 Å². The average Bonchev–Trinajstić information content (AvgIpc) is 2.15. The number of nitrogens with two attached hydrogens (primary N) is 1. The summed E-state index contributed by atoms with van der Waals surface area (Å²) in [5.41, 5.74) is 7.35. The van der Waals surface area contributed by atoms with Gasteiger partial charge in [0.15, 0.2) is 0 Å². The molecular formula is C12H19N. The molecule has 0 aliphatic carbocycles. The van der Waals surface area contributed by atoms with Crippen molar-refractivity contribution >= 4 is 0 Å². The van der Waals surface area contributed by atoms with Crippen molar-refractivity contribution in [3.05, 3.63) is 35.9 Å². The third-order valence-electron chi connectivity index (χ3n) is 2.47. The zero-order valence-electron chi connectivity index (χ0n) is 8.53. The summed E-state index contributed by atoms with van der Waals surface area (Å²) in [4.78, 5) is 0. The second kappa shape index (κ2) is 5.03. The van der Waals surface area contributed by atoms with Crippen LogP contribution in [-0.4, -0.2) is 6.04 Å². The molecule has 0 amide bonds. The van der Waals surface area contributed by atoms with Crippen LogP contribution in [0.5, 0.6) is 0 Å². The third-order valence-corrected chi connectivity index (χ3v) is 2.47. The molecule has 0 radical (unpaired) electrons. The smallest absolute Gasteiger partial charge is 0.00650 e. The first kappa shape index (κ1) is 10.3. The lowest BCUT2D eigenvalue weighted by atomic mass is 9.98. The molecular weight excluding hydrogens is 158 g/mol. The molecule has 1 aromatic rings. The van der Waals surface area contributed by atoms with Crippen LogP contribution in [0.4, 0.5) is 0 Å². The Bertz CT molecular complexity index is 228. The van der Waals surface area contributed by atoms with Crippen molar-refractivity contribution in [2.75, 3.05) is 0 Å². The Kier molecular flexibility index (Phi) is 3.97. The second-order valence-electron chi connectivity index (χ2n) is 3.93. The summed E-state index contributed by atoms with van der Waals surface area (Å²) in [5, 5.41) is 0. The van der Waals surface area contributed by atoms with Gasteiger partial charge in [-0.3, -0.25) is 0 Å². The molecule has 0 heterocycles. The van der Waals surface area contributed by atoms with Crippen LogP contribution >= 0.6 is 0 Å². The minimum atomic E-state index is 0.334. The van der Waals surface area contributed by atoms with E-state index in [2.05, 4.69) is 38.1 Å². The molecule has 0 aliphatic rings. The van der Waals surface area contributed by atoms with Gasteiger partial charge in [-0.2, -0.15) is 0 Å². The summed E-state index contributed by atoms with van der Waals surface area (Å²) >= 11 is 0. The minimum absolute atomic E-state index is 0.334. The SMILES string of the molecule is CC(C)[C@@H](N)CCc1ccccc1. The number of benzene rings is 1. The molecule has 0 saturated carbocycles. The molecule has 1 heteroatoms. The summed E-state index contributed by atoms with van der Waals surface area (Å²) in [6.45, 7) is 4.35. The fraction of sp³-hybridized carbons (Fsp3) is 0.500. The highest BCUT2D eigenvalue weighted by Crippen LogP contribution is 2.08. The molecule has 0 fully saturated rings. The lowest BCUT2D eigenvalue weighted by Crippen LogP contribution is -2.26. The van der Waals surface area contributed by atoms with Gasteiger partial charge in [0.2, 0.25) is 0 Å². The van der Waals surface area contributed by atoms with E-state index >= 15 is 0 Å². The number of hydrogen-bond donors (Lipinski definition) is 1. The molecule has 0 saturated heterocycles. The van der Waals surface area contributed by atoms with E-state index in [4.69, 9.17) is 5.73 Å². The average molecular weight is 177 g/mol. The van der Waals surface area contributed by atoms with Gasteiger partial charge in [-0.05, 0) is 24.3 Å². The third kappa shape index (κ3) is 3.60. The molecule has 0 unspecified atom stereocenters. The zero-order valence-corrected chi connectivity index (χ0v) is 8.53. The Morgan fingerprint density at radius 2 is 1.77 bits per heavy atom. The number of rotatable bonds is 4. The maximum atomic E-state index is 5.96. The lowest BCUT2D eigenvalue weighted by Gasteiger charge is -2.14. The van der Waals surface area contributed by atoms with Gasteiger partial charge in [-0.25, -0.2) is 0 Å². The van der Waals surface area contributed by atoms with Gasteiger partial charge >= 0.3 is 0 Å². The van der Waals surface area contributed by atoms with E-state index in [9.17, 15) is 0 Å². The van der Waals surface area contributed by atoms with Gasteiger partial charge in [0.1, 0.15) is 0 Å². The van der Waals surface area contributed by atoms with E-state index in [0.29, 0.717) is 12.0 Å². The van der Waals surface area contributed by atoms with E-state index in [1.807, 2.05) is 6.07 Å². The summed E-state index contributed by atoms with van der Waals surface area (Å²) < 4.78 is 0. The van der Waals surface area contributed by atoms with Crippen LogP contribution in [0.2, 0.25) is 0 Å². The molecule has 72 valence electrons. The fourth-order valence-corrected chi connectivity index (χ4v) is 1.31. The highest BCUT2D eigenvalue weighted by Gasteiger charge is 2.06. The Balaban J connectivity index is 2.35. The topological polar surface area (TPSA) is 26.0 Å². The van der Waals surface area contributed by atoms with E-state index < -0.39 is 0 Å². The number of aryl methyl sites for hydroxylation is 1. The van der Waals surface area contributed by atoms with Crippen molar-refractivity contribution in [1.82, 2.24) is 0 Å². The largest absolute Gasteiger partial charge is 0.327 e. The Morgan fingerprint density at radius 3 is 2.31 bits per heavy atom. The second-order valence-corrected chi connectivity index (χ2v) is 3.93. The molecule has 0 bridgehead atoms. The van der Waals surface area contributed by atoms with Gasteiger partial charge in [-0.1, -0.05) is 44.2 Å². The van der Waals surface area contributed by atoms with Gasteiger partial charge in [-0.15, -0.1) is 0 Å². The van der Waals surface area contributed by atoms with Crippen LogP contribution in [-0.2, 0) is 6.42 Å². The maximum absolute atomic E-state index is 5.96. The van der Waals surface area contributed by atoms with Gasteiger partial charge in [0, 0.05) is 6.04 Å². The molecule has 0 aliphatic heterocycles. The minimum Gasteiger partial charge on any atom is -0.327 e. The van der Waals surface area contributed by atoms with E-state index in [-0.39, 0.29) is 0 Å². The summed E-state index contributed by atoms with van der Waals surface area (Å²) in [7, 11) is 0. The zero-order chi connectivity index (χ0) is 9.68. The molecule has 0 aromatic heterocycles. The molecule has 1 rings (SSSR count). The van der Waals surface area contributed by atoms with Crippen LogP contribution in [0, 0.1) is 5.92 Å². The highest BCUT2D eigenvalue weighted by molar-refractivity contribution is 5.14. The normalized spacial score (nSPS) is 13.2. The Labute approximate surface area is 81.0 Å². The van der Waals surface area contributed by atoms with Crippen LogP contribution in [0.15, 0.2) is 30.3 Å². The molecule has 1 nitrogen and oxygen atoms in total. The fourth-order valence-electron chi connectivity index (χ4n) is 1.31. The molecule has 13 heavy (non-hydrogen) atoms. The van der Waals surface area contributed by atoms with Crippen molar-refractivity contribution < 1.29 is 0 Å². The molecule has 1 atom stereocenters. The van der Waals surface area contributed by atoms with E-state index in [1.165, 1.54) is 5.56 Å². The predicted molar refractivity (Wildman–Crippen MR) is 57.6 cm³/mol. The van der Waals surface area contributed by atoms with Crippen molar-refractivity contribution in [3.63, 3.8) is 0 Å². The highest BCUT2D eigenvalue weighted by atomic mass is 14.6. The van der Waals surface area contributed by atoms with E-state index in [1.54, 1.807) is 0 Å². The van der Waals surface area contributed by atoms with Crippen LogP contribution in [0.3, 0.4) is 0 Å². The monoisotopic (exact) mass is 177 g/mol. The predicted octanol–water partition coefficient (Wildman–Crippen LogP) is 2.60. The first-order valence-corrected chi connectivity index (χ1v) is 4.99. The molecule has 0 spiro atoms. The standard InChI is InChI=1S/C12H19N/c1-10(2)12(13)9-8-11-6-4-3-5-7-11/h3-7,10,12H,8-9,13H2,1-2H3/t12-/m0/s1.